The lowest BCUT2D eigenvalue weighted by molar-refractivity contribution is -0.118. The van der Waals surface area contributed by atoms with Crippen LogP contribution in [0.15, 0.2) is 18.2 Å². The Balaban J connectivity index is 1.62. The lowest BCUT2D eigenvalue weighted by Crippen LogP contribution is -2.46. The van der Waals surface area contributed by atoms with Crippen LogP contribution in [0.1, 0.15) is 13.8 Å². The molecule has 0 bridgehead atoms. The number of cyclic esters (lactones) is 1. The van der Waals surface area contributed by atoms with Crippen LogP contribution in [-0.4, -0.2) is 67.8 Å². The number of amides is 2. The van der Waals surface area contributed by atoms with Crippen molar-refractivity contribution < 1.29 is 18.7 Å². The largest absolute Gasteiger partial charge is 0.442 e. The zero-order chi connectivity index (χ0) is 20.3. The van der Waals surface area contributed by atoms with E-state index in [-0.39, 0.29) is 12.0 Å². The molecule has 3 rings (SSSR count). The smallest absolute Gasteiger partial charge is 0.414 e. The molecular formula is C19H25FN4O3S. The lowest BCUT2D eigenvalue weighted by Gasteiger charge is -2.34. The second-order valence-electron chi connectivity index (χ2n) is 7.28. The molecule has 0 aliphatic carbocycles. The molecule has 0 radical (unpaired) electrons. The van der Waals surface area contributed by atoms with Crippen LogP contribution in [-0.2, 0) is 9.53 Å². The summed E-state index contributed by atoms with van der Waals surface area (Å²) in [7, 11) is 0. The molecule has 28 heavy (non-hydrogen) atoms. The van der Waals surface area contributed by atoms with E-state index in [0.29, 0.717) is 50.6 Å². The summed E-state index contributed by atoms with van der Waals surface area (Å²) in [5.41, 5.74) is 0.939. The van der Waals surface area contributed by atoms with E-state index in [0.717, 1.165) is 11.4 Å². The molecule has 2 aliphatic rings. The minimum absolute atomic E-state index is 0.221. The van der Waals surface area contributed by atoms with E-state index in [1.54, 1.807) is 17.0 Å². The molecule has 0 aromatic heterocycles. The molecule has 0 spiro atoms. The van der Waals surface area contributed by atoms with Crippen molar-refractivity contribution >= 4 is 41.1 Å². The second kappa shape index (κ2) is 8.72. The lowest BCUT2D eigenvalue weighted by atomic mass is 10.2. The predicted molar refractivity (Wildman–Crippen MR) is 109 cm³/mol. The maximum atomic E-state index is 14.7. The Bertz CT molecular complexity index is 753. The number of piperazine rings is 1. The minimum Gasteiger partial charge on any atom is -0.442 e. The van der Waals surface area contributed by atoms with Gasteiger partial charge in [-0.3, -0.25) is 9.69 Å². The SMILES string of the molecule is CC(C)C(=S)NCC1CN(c2ccc(N3CCN(C=O)CC3)c(F)c2)C(=O)O1. The molecule has 1 aromatic carbocycles. The van der Waals surface area contributed by atoms with Gasteiger partial charge in [0.2, 0.25) is 6.41 Å². The van der Waals surface area contributed by atoms with E-state index >= 15 is 0 Å². The maximum Gasteiger partial charge on any atom is 0.414 e. The Hall–Kier alpha value is -2.42. The average Bonchev–Trinajstić information content (AvgIpc) is 3.06. The van der Waals surface area contributed by atoms with E-state index in [9.17, 15) is 14.0 Å². The highest BCUT2D eigenvalue weighted by molar-refractivity contribution is 7.80. The molecule has 2 amide bonds. The van der Waals surface area contributed by atoms with Crippen LogP contribution < -0.4 is 15.1 Å². The van der Waals surface area contributed by atoms with E-state index in [2.05, 4.69) is 5.32 Å². The average molecular weight is 408 g/mol. The van der Waals surface area contributed by atoms with Gasteiger partial charge in [-0.15, -0.1) is 0 Å². The fraction of sp³-hybridized carbons (Fsp3) is 0.526. The summed E-state index contributed by atoms with van der Waals surface area (Å²) >= 11 is 5.23. The molecule has 2 aliphatic heterocycles. The minimum atomic E-state index is -0.492. The van der Waals surface area contributed by atoms with Crippen LogP contribution in [0.4, 0.5) is 20.6 Å². The Morgan fingerprint density at radius 2 is 2.07 bits per heavy atom. The zero-order valence-electron chi connectivity index (χ0n) is 16.1. The molecule has 152 valence electrons. The van der Waals surface area contributed by atoms with Gasteiger partial charge in [0.1, 0.15) is 11.9 Å². The third kappa shape index (κ3) is 4.52. The van der Waals surface area contributed by atoms with Crippen molar-refractivity contribution in [1.82, 2.24) is 10.2 Å². The number of nitrogens with one attached hydrogen (secondary N) is 1. The van der Waals surface area contributed by atoms with Crippen LogP contribution in [0.25, 0.3) is 0 Å². The van der Waals surface area contributed by atoms with Crippen molar-refractivity contribution in [2.45, 2.75) is 20.0 Å². The molecule has 1 atom stereocenters. The highest BCUT2D eigenvalue weighted by atomic mass is 32.1. The summed E-state index contributed by atoms with van der Waals surface area (Å²) in [4.78, 5) is 28.7. The topological polar surface area (TPSA) is 65.1 Å². The summed E-state index contributed by atoms with van der Waals surface area (Å²) < 4.78 is 20.1. The first-order valence-electron chi connectivity index (χ1n) is 9.38. The fourth-order valence-corrected chi connectivity index (χ4v) is 3.33. The Labute approximate surface area is 169 Å². The van der Waals surface area contributed by atoms with Crippen LogP contribution in [0, 0.1) is 11.7 Å². The molecule has 2 heterocycles. The third-order valence-corrected chi connectivity index (χ3v) is 5.57. The monoisotopic (exact) mass is 408 g/mol. The first kappa shape index (κ1) is 20.3. The number of thiocarbonyl (C=S) groups is 1. The number of anilines is 2. The number of rotatable bonds is 6. The Kier molecular flexibility index (Phi) is 6.33. The number of hydrogen-bond donors (Lipinski definition) is 1. The molecule has 2 fully saturated rings. The number of ether oxygens (including phenoxy) is 1. The first-order chi connectivity index (χ1) is 13.4. The summed E-state index contributed by atoms with van der Waals surface area (Å²) in [5.74, 6) is -0.175. The van der Waals surface area contributed by atoms with Gasteiger partial charge >= 0.3 is 6.09 Å². The highest BCUT2D eigenvalue weighted by Crippen LogP contribution is 2.28. The summed E-state index contributed by atoms with van der Waals surface area (Å²) in [6.45, 7) is 7.03. The molecular weight excluding hydrogens is 383 g/mol. The van der Waals surface area contributed by atoms with E-state index < -0.39 is 11.9 Å². The number of hydrogen-bond acceptors (Lipinski definition) is 5. The summed E-state index contributed by atoms with van der Waals surface area (Å²) in [6.07, 6.45) is -0.0214. The van der Waals surface area contributed by atoms with Crippen molar-refractivity contribution in [2.24, 2.45) is 5.92 Å². The Morgan fingerprint density at radius 1 is 1.36 bits per heavy atom. The standard InChI is InChI=1S/C19H25FN4O3S/c1-13(2)18(28)21-10-15-11-24(19(26)27-15)14-3-4-17(16(20)9-14)23-7-5-22(12-25)6-8-23/h3-4,9,12-13,15H,5-8,10-11H2,1-2H3,(H,21,28). The Morgan fingerprint density at radius 3 is 2.68 bits per heavy atom. The number of carbonyl (C=O) groups excluding carboxylic acids is 2. The molecule has 2 saturated heterocycles. The predicted octanol–water partition coefficient (Wildman–Crippen LogP) is 2.00. The van der Waals surface area contributed by atoms with Crippen molar-refractivity contribution in [3.8, 4) is 0 Å². The fourth-order valence-electron chi connectivity index (χ4n) is 3.25. The van der Waals surface area contributed by atoms with Crippen molar-refractivity contribution in [1.29, 1.82) is 0 Å². The van der Waals surface area contributed by atoms with Gasteiger partial charge in [-0.05, 0) is 18.2 Å². The molecule has 1 aromatic rings. The normalized spacial score (nSPS) is 19.8. The van der Waals surface area contributed by atoms with Gasteiger partial charge in [-0.25, -0.2) is 9.18 Å². The van der Waals surface area contributed by atoms with Crippen LogP contribution in [0.2, 0.25) is 0 Å². The molecule has 1 unspecified atom stereocenters. The van der Waals surface area contributed by atoms with Gasteiger partial charge in [0.25, 0.3) is 0 Å². The van der Waals surface area contributed by atoms with Gasteiger partial charge in [-0.1, -0.05) is 26.1 Å². The van der Waals surface area contributed by atoms with Crippen LogP contribution >= 0.6 is 12.2 Å². The van der Waals surface area contributed by atoms with Crippen LogP contribution in [0.5, 0.6) is 0 Å². The van der Waals surface area contributed by atoms with E-state index in [1.165, 1.54) is 11.0 Å². The number of benzene rings is 1. The molecule has 7 nitrogen and oxygen atoms in total. The van der Waals surface area contributed by atoms with E-state index in [4.69, 9.17) is 17.0 Å². The van der Waals surface area contributed by atoms with Gasteiger partial charge in [0.15, 0.2) is 0 Å². The quantitative estimate of drug-likeness (QED) is 0.574. The molecule has 1 N–H and O–H groups in total. The maximum absolute atomic E-state index is 14.7. The number of carbonyl (C=O) groups is 2. The first-order valence-corrected chi connectivity index (χ1v) is 9.79. The van der Waals surface area contributed by atoms with Crippen molar-refractivity contribution in [3.05, 3.63) is 24.0 Å². The van der Waals surface area contributed by atoms with Gasteiger partial charge < -0.3 is 19.9 Å². The van der Waals surface area contributed by atoms with Crippen molar-refractivity contribution in [3.63, 3.8) is 0 Å². The second-order valence-corrected chi connectivity index (χ2v) is 7.72. The highest BCUT2D eigenvalue weighted by Gasteiger charge is 2.33. The number of nitrogens with zero attached hydrogens (tertiary/aromatic N) is 3. The summed E-state index contributed by atoms with van der Waals surface area (Å²) in [5, 5.41) is 3.11. The van der Waals surface area contributed by atoms with Gasteiger partial charge in [0.05, 0.1) is 29.5 Å². The number of halogens is 1. The van der Waals surface area contributed by atoms with Crippen molar-refractivity contribution in [2.75, 3.05) is 49.1 Å². The van der Waals surface area contributed by atoms with Gasteiger partial charge in [-0.2, -0.15) is 0 Å². The van der Waals surface area contributed by atoms with Crippen LogP contribution in [0.3, 0.4) is 0 Å². The summed E-state index contributed by atoms with van der Waals surface area (Å²) in [6, 6.07) is 4.76. The molecule has 9 heteroatoms. The third-order valence-electron chi connectivity index (χ3n) is 4.95. The zero-order valence-corrected chi connectivity index (χ0v) is 16.9. The van der Waals surface area contributed by atoms with Gasteiger partial charge in [0, 0.05) is 32.1 Å². The van der Waals surface area contributed by atoms with E-state index in [1.807, 2.05) is 18.7 Å². The molecule has 0 saturated carbocycles.